The van der Waals surface area contributed by atoms with Gasteiger partial charge in [0, 0.05) is 24.2 Å². The quantitative estimate of drug-likeness (QED) is 0.860. The van der Waals surface area contributed by atoms with Crippen LogP contribution in [0, 0.1) is 5.92 Å². The molecule has 1 saturated carbocycles. The molecule has 2 heterocycles. The number of benzene rings is 1. The minimum Gasteiger partial charge on any atom is -0.424 e. The van der Waals surface area contributed by atoms with Gasteiger partial charge >= 0.3 is 0 Å². The van der Waals surface area contributed by atoms with Crippen molar-refractivity contribution in [3.63, 3.8) is 0 Å². The lowest BCUT2D eigenvalue weighted by Gasteiger charge is -2.34. The number of ether oxygens (including phenoxy) is 1. The molecule has 2 aliphatic rings. The van der Waals surface area contributed by atoms with Crippen LogP contribution in [0.25, 0.3) is 0 Å². The summed E-state index contributed by atoms with van der Waals surface area (Å²) in [5.74, 6) is 2.60. The van der Waals surface area contributed by atoms with Crippen LogP contribution in [0.2, 0.25) is 5.02 Å². The lowest BCUT2D eigenvalue weighted by Crippen LogP contribution is -2.35. The van der Waals surface area contributed by atoms with E-state index in [1.54, 1.807) is 0 Å². The smallest absolute Gasteiger partial charge is 0.227 e. The second kappa shape index (κ2) is 5.36. The Morgan fingerprint density at radius 1 is 1.23 bits per heavy atom. The lowest BCUT2D eigenvalue weighted by molar-refractivity contribution is 0.0540. The zero-order valence-electron chi connectivity index (χ0n) is 12.6. The zero-order chi connectivity index (χ0) is 15.2. The van der Waals surface area contributed by atoms with Gasteiger partial charge in [-0.1, -0.05) is 30.7 Å². The van der Waals surface area contributed by atoms with Gasteiger partial charge in [0.15, 0.2) is 0 Å². The van der Waals surface area contributed by atoms with Crippen molar-refractivity contribution in [3.8, 4) is 0 Å². The third kappa shape index (κ3) is 2.34. The average Bonchev–Trinajstić information content (AvgIpc) is 3.08. The van der Waals surface area contributed by atoms with Gasteiger partial charge in [-0.15, -0.1) is 10.2 Å². The summed E-state index contributed by atoms with van der Waals surface area (Å²) in [6.07, 6.45) is 2.83. The SMILES string of the molecule is C[C@H]1C[C@H]1c1nnc(C2(c3cccc(Cl)c3)CCOCC2)o1. The van der Waals surface area contributed by atoms with E-state index in [9.17, 15) is 0 Å². The number of hydrogen-bond acceptors (Lipinski definition) is 4. The molecule has 0 bridgehead atoms. The summed E-state index contributed by atoms with van der Waals surface area (Å²) in [6, 6.07) is 7.98. The second-order valence-corrected chi connectivity index (χ2v) is 6.91. The number of nitrogens with zero attached hydrogens (tertiary/aromatic N) is 2. The molecule has 0 radical (unpaired) electrons. The molecule has 5 heteroatoms. The Hall–Kier alpha value is -1.39. The Morgan fingerprint density at radius 3 is 2.68 bits per heavy atom. The lowest BCUT2D eigenvalue weighted by atomic mass is 9.74. The van der Waals surface area contributed by atoms with E-state index >= 15 is 0 Å². The first-order chi connectivity index (χ1) is 10.7. The fourth-order valence-electron chi connectivity index (χ4n) is 3.38. The normalized spacial score (nSPS) is 26.8. The molecule has 4 nitrogen and oxygen atoms in total. The van der Waals surface area contributed by atoms with Crippen LogP contribution in [0.4, 0.5) is 0 Å². The molecule has 1 aliphatic heterocycles. The highest BCUT2D eigenvalue weighted by atomic mass is 35.5. The van der Waals surface area contributed by atoms with Gasteiger partial charge in [-0.2, -0.15) is 0 Å². The van der Waals surface area contributed by atoms with E-state index in [-0.39, 0.29) is 5.41 Å². The summed E-state index contributed by atoms with van der Waals surface area (Å²) in [5, 5.41) is 9.44. The van der Waals surface area contributed by atoms with Gasteiger partial charge < -0.3 is 9.15 Å². The Balaban J connectivity index is 1.75. The first kappa shape index (κ1) is 14.2. The van der Waals surface area contributed by atoms with Gasteiger partial charge in [0.2, 0.25) is 11.8 Å². The van der Waals surface area contributed by atoms with E-state index in [0.717, 1.165) is 35.7 Å². The van der Waals surface area contributed by atoms with E-state index in [4.69, 9.17) is 20.8 Å². The molecule has 1 aromatic carbocycles. The highest BCUT2D eigenvalue weighted by molar-refractivity contribution is 6.30. The van der Waals surface area contributed by atoms with E-state index in [1.165, 1.54) is 0 Å². The third-order valence-electron chi connectivity index (χ3n) is 5.00. The highest BCUT2D eigenvalue weighted by Gasteiger charge is 2.44. The fraction of sp³-hybridized carbons (Fsp3) is 0.529. The molecule has 116 valence electrons. The van der Waals surface area contributed by atoms with Crippen molar-refractivity contribution in [1.82, 2.24) is 10.2 Å². The van der Waals surface area contributed by atoms with E-state index in [0.29, 0.717) is 30.9 Å². The van der Waals surface area contributed by atoms with E-state index in [2.05, 4.69) is 23.2 Å². The van der Waals surface area contributed by atoms with Gasteiger partial charge in [0.05, 0.1) is 5.41 Å². The molecular weight excluding hydrogens is 300 g/mol. The number of aromatic nitrogens is 2. The van der Waals surface area contributed by atoms with Crippen molar-refractivity contribution in [2.75, 3.05) is 13.2 Å². The fourth-order valence-corrected chi connectivity index (χ4v) is 3.57. The van der Waals surface area contributed by atoms with Gasteiger partial charge in [-0.25, -0.2) is 0 Å². The number of hydrogen-bond donors (Lipinski definition) is 0. The molecule has 4 rings (SSSR count). The molecule has 0 amide bonds. The Morgan fingerprint density at radius 2 is 2.00 bits per heavy atom. The molecule has 2 fully saturated rings. The Bertz CT molecular complexity index is 679. The van der Waals surface area contributed by atoms with Gasteiger partial charge in [-0.3, -0.25) is 0 Å². The molecule has 0 unspecified atom stereocenters. The van der Waals surface area contributed by atoms with Crippen LogP contribution in [0.1, 0.15) is 49.4 Å². The second-order valence-electron chi connectivity index (χ2n) is 6.47. The summed E-state index contributed by atoms with van der Waals surface area (Å²) < 4.78 is 11.7. The van der Waals surface area contributed by atoms with Crippen molar-refractivity contribution in [2.24, 2.45) is 5.92 Å². The van der Waals surface area contributed by atoms with Crippen LogP contribution < -0.4 is 0 Å². The Labute approximate surface area is 134 Å². The maximum absolute atomic E-state index is 6.20. The minimum absolute atomic E-state index is 0.271. The summed E-state index contributed by atoms with van der Waals surface area (Å²) in [5.41, 5.74) is 0.870. The monoisotopic (exact) mass is 318 g/mol. The van der Waals surface area contributed by atoms with E-state index in [1.807, 2.05) is 18.2 Å². The maximum Gasteiger partial charge on any atom is 0.227 e. The van der Waals surface area contributed by atoms with Crippen LogP contribution >= 0.6 is 11.6 Å². The molecular formula is C17H19ClN2O2. The number of halogens is 1. The summed E-state index contributed by atoms with van der Waals surface area (Å²) in [6.45, 7) is 3.61. The molecule has 0 N–H and O–H groups in total. The molecule has 2 aromatic rings. The molecule has 0 spiro atoms. The molecule has 22 heavy (non-hydrogen) atoms. The topological polar surface area (TPSA) is 48.2 Å². The van der Waals surface area contributed by atoms with Crippen LogP contribution in [0.5, 0.6) is 0 Å². The first-order valence-electron chi connectivity index (χ1n) is 7.87. The van der Waals surface area contributed by atoms with Crippen molar-refractivity contribution in [3.05, 3.63) is 46.6 Å². The van der Waals surface area contributed by atoms with Crippen molar-refractivity contribution < 1.29 is 9.15 Å². The molecule has 1 aromatic heterocycles. The van der Waals surface area contributed by atoms with Gasteiger partial charge in [-0.05, 0) is 42.9 Å². The summed E-state index contributed by atoms with van der Waals surface area (Å²) in [4.78, 5) is 0. The highest BCUT2D eigenvalue weighted by Crippen LogP contribution is 2.48. The number of rotatable bonds is 3. The minimum atomic E-state index is -0.271. The molecule has 2 atom stereocenters. The maximum atomic E-state index is 6.20. The van der Waals surface area contributed by atoms with Crippen LogP contribution in [-0.4, -0.2) is 23.4 Å². The molecule has 1 saturated heterocycles. The first-order valence-corrected chi connectivity index (χ1v) is 8.24. The van der Waals surface area contributed by atoms with Gasteiger partial charge in [0.25, 0.3) is 0 Å². The predicted octanol–water partition coefficient (Wildman–Crippen LogP) is 3.94. The third-order valence-corrected chi connectivity index (χ3v) is 5.24. The van der Waals surface area contributed by atoms with Crippen LogP contribution in [-0.2, 0) is 10.2 Å². The summed E-state index contributed by atoms with van der Waals surface area (Å²) in [7, 11) is 0. The van der Waals surface area contributed by atoms with Gasteiger partial charge in [0.1, 0.15) is 0 Å². The van der Waals surface area contributed by atoms with Crippen LogP contribution in [0.3, 0.4) is 0 Å². The van der Waals surface area contributed by atoms with Crippen molar-refractivity contribution in [1.29, 1.82) is 0 Å². The van der Waals surface area contributed by atoms with E-state index < -0.39 is 0 Å². The van der Waals surface area contributed by atoms with Crippen LogP contribution in [0.15, 0.2) is 28.7 Å². The molecule has 1 aliphatic carbocycles. The largest absolute Gasteiger partial charge is 0.424 e. The van der Waals surface area contributed by atoms with Crippen molar-refractivity contribution >= 4 is 11.6 Å². The average molecular weight is 319 g/mol. The zero-order valence-corrected chi connectivity index (χ0v) is 13.3. The predicted molar refractivity (Wildman–Crippen MR) is 83.1 cm³/mol. The Kier molecular flexibility index (Phi) is 3.46. The summed E-state index contributed by atoms with van der Waals surface area (Å²) >= 11 is 6.20. The standard InChI is InChI=1S/C17H19ClN2O2/c1-11-9-14(11)15-19-20-16(22-15)17(5-7-21-8-6-17)12-3-2-4-13(18)10-12/h2-4,10-11,14H,5-9H2,1H3/t11-,14+/m0/s1. The van der Waals surface area contributed by atoms with Crippen molar-refractivity contribution in [2.45, 2.75) is 37.5 Å².